The van der Waals surface area contributed by atoms with Crippen molar-refractivity contribution >= 4 is 17.8 Å². The van der Waals surface area contributed by atoms with Crippen LogP contribution in [0, 0.1) is 0 Å². The largest absolute Gasteiger partial charge is 0.433 e. The number of amides is 4. The van der Waals surface area contributed by atoms with E-state index in [1.807, 2.05) is 0 Å². The lowest BCUT2D eigenvalue weighted by Crippen LogP contribution is -2.58. The first-order chi connectivity index (χ1) is 15.6. The van der Waals surface area contributed by atoms with Crippen molar-refractivity contribution in [1.29, 1.82) is 0 Å². The Bertz CT molecular complexity index is 1150. The van der Waals surface area contributed by atoms with E-state index in [4.69, 9.17) is 4.84 Å². The summed E-state index contributed by atoms with van der Waals surface area (Å²) in [7, 11) is 0. The average molecular weight is 461 g/mol. The summed E-state index contributed by atoms with van der Waals surface area (Å²) in [4.78, 5) is 46.0. The lowest BCUT2D eigenvalue weighted by molar-refractivity contribution is -0.141. The van der Waals surface area contributed by atoms with E-state index < -0.39 is 41.3 Å². The van der Waals surface area contributed by atoms with Crippen LogP contribution in [0.15, 0.2) is 54.4 Å². The van der Waals surface area contributed by atoms with Crippen LogP contribution in [0.25, 0.3) is 11.1 Å². The first-order valence-electron chi connectivity index (χ1n) is 9.78. The fourth-order valence-corrected chi connectivity index (χ4v) is 3.72. The van der Waals surface area contributed by atoms with Gasteiger partial charge in [0.2, 0.25) is 0 Å². The van der Waals surface area contributed by atoms with Crippen LogP contribution in [0.4, 0.5) is 18.0 Å². The predicted molar refractivity (Wildman–Crippen MR) is 108 cm³/mol. The third-order valence-corrected chi connectivity index (χ3v) is 5.38. The van der Waals surface area contributed by atoms with Gasteiger partial charge in [0.1, 0.15) is 12.0 Å². The maximum absolute atomic E-state index is 13.0. The number of nitrogens with one attached hydrogen (secondary N) is 4. The molecule has 0 radical (unpaired) electrons. The number of benzene rings is 1. The van der Waals surface area contributed by atoms with Crippen molar-refractivity contribution in [3.8, 4) is 11.1 Å². The number of hydrogen-bond acceptors (Lipinski definition) is 6. The van der Waals surface area contributed by atoms with Crippen molar-refractivity contribution in [2.24, 2.45) is 0 Å². The second-order valence-electron chi connectivity index (χ2n) is 7.50. The molecule has 1 aromatic heterocycles. The fourth-order valence-electron chi connectivity index (χ4n) is 3.72. The van der Waals surface area contributed by atoms with Crippen LogP contribution in [0.1, 0.15) is 23.0 Å². The first-order valence-corrected chi connectivity index (χ1v) is 9.78. The molecule has 0 bridgehead atoms. The average Bonchev–Trinajstić information content (AvgIpc) is 3.34. The molecule has 2 unspecified atom stereocenters. The quantitative estimate of drug-likeness (QED) is 0.505. The molecule has 4 amide bonds. The number of hydroxylamine groups is 1. The number of aromatic nitrogens is 1. The molecule has 0 spiro atoms. The van der Waals surface area contributed by atoms with Gasteiger partial charge in [-0.25, -0.2) is 4.79 Å². The Morgan fingerprint density at radius 1 is 1.21 bits per heavy atom. The highest BCUT2D eigenvalue weighted by molar-refractivity contribution is 6.10. The van der Waals surface area contributed by atoms with Crippen molar-refractivity contribution in [2.45, 2.75) is 24.7 Å². The van der Waals surface area contributed by atoms with Gasteiger partial charge in [-0.05, 0) is 24.6 Å². The second-order valence-corrected chi connectivity index (χ2v) is 7.50. The predicted octanol–water partition coefficient (Wildman–Crippen LogP) is 1.88. The van der Waals surface area contributed by atoms with Crippen LogP contribution < -0.4 is 21.4 Å². The van der Waals surface area contributed by atoms with Crippen LogP contribution in [0.2, 0.25) is 0 Å². The normalized spacial score (nSPS) is 22.3. The molecule has 1 saturated heterocycles. The van der Waals surface area contributed by atoms with Gasteiger partial charge >= 0.3 is 12.2 Å². The molecule has 172 valence electrons. The number of nitrogens with zero attached hydrogens (tertiary/aromatic N) is 1. The standard InChI is InChI=1S/C21H18F3N5O4/c1-11-15(9-33-29-11)20(18(31)27-19(32)28-20)10-26-17(30)14-5-3-2-4-13(14)12-6-7-16(25-8-12)21(22,23)24/h2-9,11,29H,10H2,1H3,(H,26,30)(H2,27,28,31,32). The highest BCUT2D eigenvalue weighted by atomic mass is 19.4. The summed E-state index contributed by atoms with van der Waals surface area (Å²) in [5, 5.41) is 7.34. The zero-order valence-electron chi connectivity index (χ0n) is 17.1. The molecule has 33 heavy (non-hydrogen) atoms. The third kappa shape index (κ3) is 4.12. The van der Waals surface area contributed by atoms with Crippen molar-refractivity contribution < 1.29 is 32.4 Å². The molecule has 2 aliphatic rings. The van der Waals surface area contributed by atoms with E-state index in [0.29, 0.717) is 16.7 Å². The number of hydrogen-bond donors (Lipinski definition) is 4. The molecule has 0 saturated carbocycles. The van der Waals surface area contributed by atoms with Crippen molar-refractivity contribution in [3.63, 3.8) is 0 Å². The minimum absolute atomic E-state index is 0.154. The third-order valence-electron chi connectivity index (χ3n) is 5.38. The molecule has 0 aliphatic carbocycles. The Labute approximate surface area is 185 Å². The summed E-state index contributed by atoms with van der Waals surface area (Å²) in [6.45, 7) is 1.43. The van der Waals surface area contributed by atoms with Crippen LogP contribution >= 0.6 is 0 Å². The van der Waals surface area contributed by atoms with E-state index >= 15 is 0 Å². The van der Waals surface area contributed by atoms with Crippen LogP contribution in [-0.4, -0.2) is 41.0 Å². The summed E-state index contributed by atoms with van der Waals surface area (Å²) in [5.74, 6) is -1.25. The summed E-state index contributed by atoms with van der Waals surface area (Å²) < 4.78 is 38.5. The van der Waals surface area contributed by atoms with E-state index in [-0.39, 0.29) is 12.1 Å². The van der Waals surface area contributed by atoms with Gasteiger partial charge < -0.3 is 15.5 Å². The molecule has 2 aromatic rings. The molecule has 9 nitrogen and oxygen atoms in total. The minimum atomic E-state index is -4.58. The van der Waals surface area contributed by atoms with Gasteiger partial charge in [-0.1, -0.05) is 24.3 Å². The van der Waals surface area contributed by atoms with Crippen LogP contribution in [0.3, 0.4) is 0 Å². The Morgan fingerprint density at radius 3 is 2.55 bits per heavy atom. The Morgan fingerprint density at radius 2 is 1.97 bits per heavy atom. The lowest BCUT2D eigenvalue weighted by atomic mass is 9.86. The van der Waals surface area contributed by atoms with E-state index in [1.165, 1.54) is 18.4 Å². The smallest absolute Gasteiger partial charge is 0.416 e. The van der Waals surface area contributed by atoms with E-state index in [0.717, 1.165) is 12.3 Å². The monoisotopic (exact) mass is 461 g/mol. The van der Waals surface area contributed by atoms with Crippen molar-refractivity contribution in [3.05, 3.63) is 65.7 Å². The maximum atomic E-state index is 13.0. The zero-order valence-corrected chi connectivity index (χ0v) is 17.1. The van der Waals surface area contributed by atoms with Gasteiger partial charge in [0, 0.05) is 22.9 Å². The SMILES string of the molecule is CC1NOC=C1C1(CNC(=O)c2ccccc2-c2ccc(C(F)(F)F)nc2)NC(=O)NC1=O. The number of alkyl halides is 3. The van der Waals surface area contributed by atoms with E-state index in [1.54, 1.807) is 25.1 Å². The lowest BCUT2D eigenvalue weighted by Gasteiger charge is -2.29. The fraction of sp³-hybridized carbons (Fsp3) is 0.238. The second kappa shape index (κ2) is 8.20. The van der Waals surface area contributed by atoms with Crippen LogP contribution in [0.5, 0.6) is 0 Å². The molecule has 2 atom stereocenters. The maximum Gasteiger partial charge on any atom is 0.433 e. The molecular weight excluding hydrogens is 443 g/mol. The first kappa shape index (κ1) is 22.3. The summed E-state index contributed by atoms with van der Waals surface area (Å²) in [5.41, 5.74) is 1.25. The van der Waals surface area contributed by atoms with Crippen molar-refractivity contribution in [2.75, 3.05) is 6.54 Å². The van der Waals surface area contributed by atoms with Gasteiger partial charge in [-0.3, -0.25) is 19.9 Å². The Hall–Kier alpha value is -3.93. The Balaban J connectivity index is 1.59. The van der Waals surface area contributed by atoms with Gasteiger partial charge in [0.15, 0.2) is 5.54 Å². The summed E-state index contributed by atoms with van der Waals surface area (Å²) in [6, 6.07) is 7.20. The molecule has 3 heterocycles. The molecule has 12 heteroatoms. The number of pyridine rings is 1. The topological polar surface area (TPSA) is 121 Å². The van der Waals surface area contributed by atoms with E-state index in [2.05, 4.69) is 26.4 Å². The number of rotatable bonds is 5. The summed E-state index contributed by atoms with van der Waals surface area (Å²) >= 11 is 0. The van der Waals surface area contributed by atoms with Gasteiger partial charge in [0.25, 0.3) is 11.8 Å². The zero-order chi connectivity index (χ0) is 23.8. The van der Waals surface area contributed by atoms with E-state index in [9.17, 15) is 27.6 Å². The van der Waals surface area contributed by atoms with Crippen molar-refractivity contribution in [1.82, 2.24) is 26.4 Å². The number of carbonyl (C=O) groups excluding carboxylic acids is 3. The number of carbonyl (C=O) groups is 3. The highest BCUT2D eigenvalue weighted by Gasteiger charge is 2.52. The van der Waals surface area contributed by atoms with Gasteiger partial charge in [-0.15, -0.1) is 0 Å². The summed E-state index contributed by atoms with van der Waals surface area (Å²) in [6.07, 6.45) is -2.25. The molecule has 4 N–H and O–H groups in total. The molecule has 2 aliphatic heterocycles. The highest BCUT2D eigenvalue weighted by Crippen LogP contribution is 2.30. The number of urea groups is 1. The molecule has 1 fully saturated rings. The Kier molecular flexibility index (Phi) is 5.54. The number of halogens is 3. The molecule has 4 rings (SSSR count). The molecular formula is C21H18F3N5O4. The number of imide groups is 1. The van der Waals surface area contributed by atoms with Crippen LogP contribution in [-0.2, 0) is 15.8 Å². The van der Waals surface area contributed by atoms with Gasteiger partial charge in [-0.2, -0.15) is 18.7 Å². The van der Waals surface area contributed by atoms with Gasteiger partial charge in [0.05, 0.1) is 12.6 Å². The minimum Gasteiger partial charge on any atom is -0.416 e. The molecule has 1 aromatic carbocycles.